The first kappa shape index (κ1) is 19.5. The number of H-pyrrole nitrogens is 1. The summed E-state index contributed by atoms with van der Waals surface area (Å²) in [7, 11) is 0. The fraction of sp³-hybridized carbons (Fsp3) is 0.0800. The van der Waals surface area contributed by atoms with E-state index in [4.69, 9.17) is 9.84 Å². The molecule has 1 aromatic heterocycles. The predicted octanol–water partition coefficient (Wildman–Crippen LogP) is 5.57. The molecule has 0 fully saturated rings. The minimum Gasteiger partial charge on any atom is -0.489 e. The van der Waals surface area contributed by atoms with Crippen molar-refractivity contribution in [2.24, 2.45) is 0 Å². The number of carboxylic acid groups (broad SMARTS) is 1. The number of aromatic nitrogens is 1. The van der Waals surface area contributed by atoms with Crippen molar-refractivity contribution in [3.8, 4) is 5.75 Å². The molecule has 0 aliphatic heterocycles. The summed E-state index contributed by atoms with van der Waals surface area (Å²) < 4.78 is 19.5. The number of ether oxygens (including phenoxy) is 1. The van der Waals surface area contributed by atoms with Crippen LogP contribution in [0.3, 0.4) is 0 Å². The molecule has 0 atom stereocenters. The van der Waals surface area contributed by atoms with E-state index in [1.165, 1.54) is 18.2 Å². The molecule has 0 bridgehead atoms. The quantitative estimate of drug-likeness (QED) is 0.398. The van der Waals surface area contributed by atoms with E-state index in [0.29, 0.717) is 18.6 Å². The molecular formula is C25H20FNO3. The van der Waals surface area contributed by atoms with Crippen LogP contribution in [0, 0.1) is 5.82 Å². The molecule has 0 spiro atoms. The number of aliphatic carboxylic acids is 1. The summed E-state index contributed by atoms with van der Waals surface area (Å²) in [5, 5.41) is 9.88. The zero-order valence-corrected chi connectivity index (χ0v) is 16.1. The molecule has 0 saturated carbocycles. The molecule has 3 aromatic carbocycles. The largest absolute Gasteiger partial charge is 0.489 e. The molecule has 0 aliphatic rings. The zero-order valence-electron chi connectivity index (χ0n) is 16.1. The topological polar surface area (TPSA) is 62.3 Å². The van der Waals surface area contributed by atoms with Crippen molar-refractivity contribution in [3.05, 3.63) is 107 Å². The number of nitrogens with one attached hydrogen (secondary N) is 1. The van der Waals surface area contributed by atoms with Gasteiger partial charge >= 0.3 is 5.97 Å². The first-order valence-corrected chi connectivity index (χ1v) is 9.54. The van der Waals surface area contributed by atoms with Crippen LogP contribution in [0.2, 0.25) is 0 Å². The van der Waals surface area contributed by atoms with E-state index in [2.05, 4.69) is 4.98 Å². The van der Waals surface area contributed by atoms with Gasteiger partial charge in [0.05, 0.1) is 0 Å². The minimum atomic E-state index is -1.07. The van der Waals surface area contributed by atoms with E-state index in [1.807, 2.05) is 54.6 Å². The highest BCUT2D eigenvalue weighted by Gasteiger charge is 2.08. The Hall–Kier alpha value is -3.86. The molecule has 2 N–H and O–H groups in total. The van der Waals surface area contributed by atoms with Gasteiger partial charge in [0.25, 0.3) is 0 Å². The Balaban J connectivity index is 1.54. The van der Waals surface area contributed by atoms with Gasteiger partial charge in [-0.1, -0.05) is 36.4 Å². The summed E-state index contributed by atoms with van der Waals surface area (Å²) in [6.07, 6.45) is 2.95. The van der Waals surface area contributed by atoms with Gasteiger partial charge in [0.1, 0.15) is 18.2 Å². The Kier molecular flexibility index (Phi) is 5.61. The average molecular weight is 401 g/mol. The van der Waals surface area contributed by atoms with Gasteiger partial charge in [0, 0.05) is 29.1 Å². The Labute approximate surface area is 173 Å². The molecule has 4 nitrogen and oxygen atoms in total. The van der Waals surface area contributed by atoms with Gasteiger partial charge in [-0.25, -0.2) is 9.18 Å². The van der Waals surface area contributed by atoms with Gasteiger partial charge in [0.15, 0.2) is 0 Å². The summed E-state index contributed by atoms with van der Waals surface area (Å²) in [4.78, 5) is 14.2. The second-order valence-electron chi connectivity index (χ2n) is 7.01. The van der Waals surface area contributed by atoms with Crippen LogP contribution in [0.5, 0.6) is 5.75 Å². The highest BCUT2D eigenvalue weighted by Crippen LogP contribution is 2.25. The summed E-state index contributed by atoms with van der Waals surface area (Å²) in [5.41, 5.74) is 4.40. The molecule has 4 rings (SSSR count). The normalized spacial score (nSPS) is 11.2. The monoisotopic (exact) mass is 401 g/mol. The molecule has 0 saturated heterocycles. The van der Waals surface area contributed by atoms with Gasteiger partial charge in [-0.2, -0.15) is 0 Å². The lowest BCUT2D eigenvalue weighted by molar-refractivity contribution is -0.131. The SMILES string of the molecule is O=C(O)C=Cc1cc(F)ccc1Cc1cc2cc(OCc3ccccc3)ccc2[nH]1. The lowest BCUT2D eigenvalue weighted by Gasteiger charge is -2.06. The van der Waals surface area contributed by atoms with E-state index in [9.17, 15) is 9.18 Å². The van der Waals surface area contributed by atoms with Crippen LogP contribution < -0.4 is 4.74 Å². The number of carboxylic acids is 1. The maximum atomic E-state index is 13.6. The Morgan fingerprint density at radius 2 is 1.87 bits per heavy atom. The number of rotatable bonds is 7. The van der Waals surface area contributed by atoms with Crippen molar-refractivity contribution in [3.63, 3.8) is 0 Å². The number of carbonyl (C=O) groups is 1. The minimum absolute atomic E-state index is 0.402. The first-order chi connectivity index (χ1) is 14.6. The number of halogens is 1. The number of hydrogen-bond donors (Lipinski definition) is 2. The number of fused-ring (bicyclic) bond motifs is 1. The highest BCUT2D eigenvalue weighted by atomic mass is 19.1. The second-order valence-corrected chi connectivity index (χ2v) is 7.01. The fourth-order valence-corrected chi connectivity index (χ4v) is 3.34. The van der Waals surface area contributed by atoms with E-state index >= 15 is 0 Å². The van der Waals surface area contributed by atoms with Crippen LogP contribution in [0.25, 0.3) is 17.0 Å². The van der Waals surface area contributed by atoms with Gasteiger partial charge in [-0.05, 0) is 59.2 Å². The maximum absolute atomic E-state index is 13.6. The van der Waals surface area contributed by atoms with Crippen molar-refractivity contribution >= 4 is 22.9 Å². The van der Waals surface area contributed by atoms with Crippen LogP contribution in [0.4, 0.5) is 4.39 Å². The lowest BCUT2D eigenvalue weighted by atomic mass is 10.0. The number of hydrogen-bond acceptors (Lipinski definition) is 2. The van der Waals surface area contributed by atoms with Gasteiger partial charge in [0.2, 0.25) is 0 Å². The second kappa shape index (κ2) is 8.66. The summed E-state index contributed by atoms with van der Waals surface area (Å²) in [5.74, 6) is -0.691. The van der Waals surface area contributed by atoms with E-state index in [0.717, 1.165) is 39.5 Å². The third-order valence-electron chi connectivity index (χ3n) is 4.79. The Morgan fingerprint density at radius 1 is 1.03 bits per heavy atom. The van der Waals surface area contributed by atoms with Crippen LogP contribution in [0.1, 0.15) is 22.4 Å². The van der Waals surface area contributed by atoms with E-state index in [1.54, 1.807) is 6.07 Å². The molecule has 0 unspecified atom stereocenters. The molecule has 0 amide bonds. The molecule has 4 aromatic rings. The van der Waals surface area contributed by atoms with Crippen LogP contribution in [-0.4, -0.2) is 16.1 Å². The summed E-state index contributed by atoms with van der Waals surface area (Å²) in [6, 6.07) is 22.3. The average Bonchev–Trinajstić information content (AvgIpc) is 3.14. The van der Waals surface area contributed by atoms with E-state index < -0.39 is 11.8 Å². The van der Waals surface area contributed by atoms with Crippen molar-refractivity contribution in [2.45, 2.75) is 13.0 Å². The molecule has 5 heteroatoms. The third kappa shape index (κ3) is 4.75. The molecule has 1 heterocycles. The van der Waals surface area contributed by atoms with Crippen molar-refractivity contribution in [1.82, 2.24) is 4.98 Å². The number of benzene rings is 3. The molecule has 30 heavy (non-hydrogen) atoms. The van der Waals surface area contributed by atoms with Gasteiger partial charge < -0.3 is 14.8 Å². The summed E-state index contributed by atoms with van der Waals surface area (Å²) in [6.45, 7) is 0.498. The third-order valence-corrected chi connectivity index (χ3v) is 4.79. The van der Waals surface area contributed by atoms with Gasteiger partial charge in [-0.15, -0.1) is 0 Å². The standard InChI is InChI=1S/C25H20FNO3/c26-21-8-6-19(18(12-21)7-11-25(28)29)13-22-14-20-15-23(9-10-24(20)27-22)30-16-17-4-2-1-3-5-17/h1-12,14-15,27H,13,16H2,(H,28,29). The van der Waals surface area contributed by atoms with Crippen LogP contribution in [-0.2, 0) is 17.8 Å². The van der Waals surface area contributed by atoms with Crippen molar-refractivity contribution in [1.29, 1.82) is 0 Å². The highest BCUT2D eigenvalue weighted by molar-refractivity contribution is 5.85. The lowest BCUT2D eigenvalue weighted by Crippen LogP contribution is -1.94. The van der Waals surface area contributed by atoms with E-state index in [-0.39, 0.29) is 0 Å². The summed E-state index contributed by atoms with van der Waals surface area (Å²) >= 11 is 0. The van der Waals surface area contributed by atoms with Gasteiger partial charge in [-0.3, -0.25) is 0 Å². The zero-order chi connectivity index (χ0) is 20.9. The predicted molar refractivity (Wildman–Crippen MR) is 115 cm³/mol. The molecule has 0 radical (unpaired) electrons. The van der Waals surface area contributed by atoms with Crippen LogP contribution in [0.15, 0.2) is 78.9 Å². The Bertz CT molecular complexity index is 1210. The molecule has 0 aliphatic carbocycles. The first-order valence-electron chi connectivity index (χ1n) is 9.54. The smallest absolute Gasteiger partial charge is 0.328 e. The fourth-order valence-electron chi connectivity index (χ4n) is 3.34. The Morgan fingerprint density at radius 3 is 2.67 bits per heavy atom. The number of aromatic amines is 1. The van der Waals surface area contributed by atoms with Crippen LogP contribution >= 0.6 is 0 Å². The maximum Gasteiger partial charge on any atom is 0.328 e. The van der Waals surface area contributed by atoms with Crippen molar-refractivity contribution < 1.29 is 19.0 Å². The molecule has 150 valence electrons. The van der Waals surface area contributed by atoms with Crippen molar-refractivity contribution in [2.75, 3.05) is 0 Å². The molecular weight excluding hydrogens is 381 g/mol.